The number of anilines is 1. The number of aliphatic hydroxyl groups excluding tert-OH is 1. The van der Waals surface area contributed by atoms with Gasteiger partial charge in [-0.05, 0) is 43.4 Å². The van der Waals surface area contributed by atoms with Crippen LogP contribution in [0.2, 0.25) is 5.02 Å². The normalized spacial score (nSPS) is 17.1. The van der Waals surface area contributed by atoms with Gasteiger partial charge in [0.2, 0.25) is 0 Å². The Balaban J connectivity index is 1.79. The molecule has 130 valence electrons. The molecule has 1 aliphatic rings. The average Bonchev–Trinajstić information content (AvgIpc) is 3.20. The van der Waals surface area contributed by atoms with Crippen LogP contribution in [-0.4, -0.2) is 18.5 Å². The first-order chi connectivity index (χ1) is 11.4. The molecular formula is C16H19ClN2O3S2. The van der Waals surface area contributed by atoms with Crippen LogP contribution >= 0.6 is 22.9 Å². The number of thiazole rings is 1. The van der Waals surface area contributed by atoms with E-state index in [1.807, 2.05) is 0 Å². The molecule has 0 aliphatic heterocycles. The summed E-state index contributed by atoms with van der Waals surface area (Å²) in [5, 5.41) is 12.7. The highest BCUT2D eigenvalue weighted by molar-refractivity contribution is 7.93. The molecule has 0 bridgehead atoms. The summed E-state index contributed by atoms with van der Waals surface area (Å²) < 4.78 is 27.6. The molecule has 24 heavy (non-hydrogen) atoms. The summed E-state index contributed by atoms with van der Waals surface area (Å²) in [5.41, 5.74) is 1.03. The lowest BCUT2D eigenvalue weighted by atomic mass is 9.99. The third kappa shape index (κ3) is 3.59. The number of aliphatic hydroxyl groups is 1. The highest BCUT2D eigenvalue weighted by Gasteiger charge is 2.27. The van der Waals surface area contributed by atoms with Crippen LogP contribution in [0, 0.1) is 12.8 Å². The Morgan fingerprint density at radius 1 is 1.38 bits per heavy atom. The van der Waals surface area contributed by atoms with Crippen LogP contribution in [-0.2, 0) is 10.0 Å². The van der Waals surface area contributed by atoms with E-state index in [1.165, 1.54) is 17.4 Å². The molecule has 0 amide bonds. The van der Waals surface area contributed by atoms with Gasteiger partial charge < -0.3 is 5.11 Å². The molecular weight excluding hydrogens is 368 g/mol. The molecule has 1 aliphatic carbocycles. The van der Waals surface area contributed by atoms with Crippen LogP contribution in [0.4, 0.5) is 5.13 Å². The van der Waals surface area contributed by atoms with E-state index in [0.29, 0.717) is 16.3 Å². The van der Waals surface area contributed by atoms with Crippen molar-refractivity contribution in [1.82, 2.24) is 4.98 Å². The van der Waals surface area contributed by atoms with Crippen LogP contribution in [0.5, 0.6) is 0 Å². The molecule has 1 heterocycles. The van der Waals surface area contributed by atoms with Gasteiger partial charge in [0.1, 0.15) is 0 Å². The van der Waals surface area contributed by atoms with E-state index in [2.05, 4.69) is 9.71 Å². The first-order valence-electron chi connectivity index (χ1n) is 7.80. The number of halogens is 1. The Morgan fingerprint density at radius 3 is 2.79 bits per heavy atom. The third-order valence-corrected chi connectivity index (χ3v) is 7.20. The Kier molecular flexibility index (Phi) is 5.15. The van der Waals surface area contributed by atoms with Crippen molar-refractivity contribution in [2.24, 2.45) is 5.92 Å². The minimum atomic E-state index is -3.77. The van der Waals surface area contributed by atoms with Gasteiger partial charge in [0.15, 0.2) is 5.13 Å². The van der Waals surface area contributed by atoms with E-state index in [0.717, 1.165) is 25.7 Å². The summed E-state index contributed by atoms with van der Waals surface area (Å²) in [6.07, 6.45) is 3.59. The van der Waals surface area contributed by atoms with Gasteiger partial charge in [-0.15, -0.1) is 11.3 Å². The Labute approximate surface area is 150 Å². The summed E-state index contributed by atoms with van der Waals surface area (Å²) in [7, 11) is -3.77. The number of hydrogen-bond donors (Lipinski definition) is 2. The van der Waals surface area contributed by atoms with E-state index in [9.17, 15) is 13.5 Å². The summed E-state index contributed by atoms with van der Waals surface area (Å²) in [6.45, 7) is 1.66. The van der Waals surface area contributed by atoms with Crippen LogP contribution in [0.15, 0.2) is 28.5 Å². The smallest absolute Gasteiger partial charge is 0.263 e. The minimum Gasteiger partial charge on any atom is -0.386 e. The zero-order valence-electron chi connectivity index (χ0n) is 13.2. The molecule has 1 aromatic carbocycles. The first kappa shape index (κ1) is 17.7. The lowest BCUT2D eigenvalue weighted by Gasteiger charge is -2.15. The fraction of sp³-hybridized carbons (Fsp3) is 0.438. The molecule has 1 atom stereocenters. The van der Waals surface area contributed by atoms with Gasteiger partial charge >= 0.3 is 0 Å². The quantitative estimate of drug-likeness (QED) is 0.809. The Hall–Kier alpha value is -1.15. The molecule has 0 radical (unpaired) electrons. The predicted octanol–water partition coefficient (Wildman–Crippen LogP) is 4.13. The van der Waals surface area contributed by atoms with Gasteiger partial charge in [-0.3, -0.25) is 4.72 Å². The van der Waals surface area contributed by atoms with Crippen LogP contribution in [0.1, 0.15) is 43.0 Å². The fourth-order valence-corrected chi connectivity index (χ4v) is 5.52. The molecule has 3 rings (SSSR count). The van der Waals surface area contributed by atoms with Crippen molar-refractivity contribution >= 4 is 38.1 Å². The SMILES string of the molecule is Cc1c(Cl)cccc1S(=O)(=O)Nc1nc(C(O)C2CCCC2)cs1. The largest absolute Gasteiger partial charge is 0.386 e. The topological polar surface area (TPSA) is 79.3 Å². The average molecular weight is 387 g/mol. The third-order valence-electron chi connectivity index (χ3n) is 4.40. The number of sulfonamides is 1. The molecule has 8 heteroatoms. The second-order valence-electron chi connectivity index (χ2n) is 6.04. The molecule has 2 aromatic rings. The number of nitrogens with zero attached hydrogens (tertiary/aromatic N) is 1. The Morgan fingerprint density at radius 2 is 2.08 bits per heavy atom. The van der Waals surface area contributed by atoms with Crippen molar-refractivity contribution in [3.8, 4) is 0 Å². The van der Waals surface area contributed by atoms with Gasteiger partial charge in [-0.25, -0.2) is 13.4 Å². The highest BCUT2D eigenvalue weighted by atomic mass is 35.5. The molecule has 2 N–H and O–H groups in total. The van der Waals surface area contributed by atoms with E-state index in [1.54, 1.807) is 24.4 Å². The zero-order chi connectivity index (χ0) is 17.3. The number of benzene rings is 1. The summed E-state index contributed by atoms with van der Waals surface area (Å²) in [6, 6.07) is 4.75. The van der Waals surface area contributed by atoms with Crippen molar-refractivity contribution in [2.75, 3.05) is 4.72 Å². The van der Waals surface area contributed by atoms with Crippen LogP contribution in [0.25, 0.3) is 0 Å². The van der Waals surface area contributed by atoms with Crippen molar-refractivity contribution in [2.45, 2.75) is 43.6 Å². The molecule has 1 saturated carbocycles. The highest BCUT2D eigenvalue weighted by Crippen LogP contribution is 2.36. The van der Waals surface area contributed by atoms with E-state index >= 15 is 0 Å². The molecule has 1 fully saturated rings. The zero-order valence-corrected chi connectivity index (χ0v) is 15.6. The van der Waals surface area contributed by atoms with Crippen LogP contribution in [0.3, 0.4) is 0 Å². The van der Waals surface area contributed by atoms with Crippen molar-refractivity contribution in [3.05, 3.63) is 39.9 Å². The van der Waals surface area contributed by atoms with Crippen molar-refractivity contribution < 1.29 is 13.5 Å². The second kappa shape index (κ2) is 7.00. The molecule has 5 nitrogen and oxygen atoms in total. The van der Waals surface area contributed by atoms with Crippen molar-refractivity contribution in [3.63, 3.8) is 0 Å². The lowest BCUT2D eigenvalue weighted by Crippen LogP contribution is -2.15. The van der Waals surface area contributed by atoms with Gasteiger partial charge in [0.05, 0.1) is 16.7 Å². The fourth-order valence-electron chi connectivity index (χ4n) is 3.03. The minimum absolute atomic E-state index is 0.128. The molecule has 1 aromatic heterocycles. The number of aromatic nitrogens is 1. The van der Waals surface area contributed by atoms with Gasteiger partial charge in [0.25, 0.3) is 10.0 Å². The van der Waals surface area contributed by atoms with E-state index < -0.39 is 16.1 Å². The first-order valence-corrected chi connectivity index (χ1v) is 10.5. The summed E-state index contributed by atoms with van der Waals surface area (Å²) >= 11 is 7.18. The lowest BCUT2D eigenvalue weighted by molar-refractivity contribution is 0.108. The van der Waals surface area contributed by atoms with Gasteiger partial charge in [-0.1, -0.05) is 30.5 Å². The molecule has 0 saturated heterocycles. The maximum atomic E-state index is 12.5. The number of rotatable bonds is 5. The standard InChI is InChI=1S/C16H19ClN2O3S2/c1-10-12(17)7-4-8-14(10)24(21,22)19-16-18-13(9-23-16)15(20)11-5-2-3-6-11/h4,7-9,11,15,20H,2-3,5-6H2,1H3,(H,18,19). The van der Waals surface area contributed by atoms with E-state index in [-0.39, 0.29) is 15.9 Å². The summed E-state index contributed by atoms with van der Waals surface area (Å²) in [4.78, 5) is 4.39. The second-order valence-corrected chi connectivity index (χ2v) is 8.95. The Bertz CT molecular complexity index is 830. The molecule has 1 unspecified atom stereocenters. The van der Waals surface area contributed by atoms with Gasteiger partial charge in [0, 0.05) is 10.4 Å². The maximum Gasteiger partial charge on any atom is 0.263 e. The van der Waals surface area contributed by atoms with Gasteiger partial charge in [-0.2, -0.15) is 0 Å². The molecule has 0 spiro atoms. The number of nitrogens with one attached hydrogen (secondary N) is 1. The number of hydrogen-bond acceptors (Lipinski definition) is 5. The van der Waals surface area contributed by atoms with E-state index in [4.69, 9.17) is 11.6 Å². The van der Waals surface area contributed by atoms with Crippen molar-refractivity contribution in [1.29, 1.82) is 0 Å². The monoisotopic (exact) mass is 386 g/mol. The summed E-state index contributed by atoms with van der Waals surface area (Å²) in [5.74, 6) is 0.215. The predicted molar refractivity (Wildman–Crippen MR) is 96.0 cm³/mol. The maximum absolute atomic E-state index is 12.5. The van der Waals surface area contributed by atoms with Crippen LogP contribution < -0.4 is 4.72 Å².